The van der Waals surface area contributed by atoms with Crippen molar-refractivity contribution in [3.05, 3.63) is 87.9 Å². The zero-order valence-electron chi connectivity index (χ0n) is 15.3. The number of hydrazone groups is 1. The van der Waals surface area contributed by atoms with Crippen LogP contribution in [0, 0.1) is 11.3 Å². The second kappa shape index (κ2) is 8.59. The summed E-state index contributed by atoms with van der Waals surface area (Å²) in [5, 5.41) is 13.4. The number of aromatic amines is 1. The molecule has 0 fully saturated rings. The van der Waals surface area contributed by atoms with Gasteiger partial charge >= 0.3 is 0 Å². The Morgan fingerprint density at radius 2 is 1.97 bits per heavy atom. The SMILES string of the molecule is N#Cc1ccccc1COc1ccc(/C=N\Nc2nc3ccccc3[nH]2)cc1Br. The molecule has 0 aliphatic carbocycles. The van der Waals surface area contributed by atoms with Gasteiger partial charge in [-0.05, 0) is 57.9 Å². The van der Waals surface area contributed by atoms with Gasteiger partial charge in [-0.2, -0.15) is 10.4 Å². The molecule has 0 atom stereocenters. The molecule has 0 unspecified atom stereocenters. The molecule has 4 aromatic rings. The van der Waals surface area contributed by atoms with E-state index < -0.39 is 0 Å². The Bertz CT molecular complexity index is 1190. The third kappa shape index (κ3) is 4.45. The average molecular weight is 446 g/mol. The van der Waals surface area contributed by atoms with Gasteiger partial charge in [-0.1, -0.05) is 30.3 Å². The van der Waals surface area contributed by atoms with Crippen LogP contribution in [0.25, 0.3) is 11.0 Å². The zero-order chi connectivity index (χ0) is 20.1. The van der Waals surface area contributed by atoms with Crippen LogP contribution in [0.1, 0.15) is 16.7 Å². The van der Waals surface area contributed by atoms with E-state index in [0.29, 0.717) is 23.9 Å². The quantitative estimate of drug-likeness (QED) is 0.314. The van der Waals surface area contributed by atoms with Crippen LogP contribution >= 0.6 is 15.9 Å². The van der Waals surface area contributed by atoms with E-state index in [1.807, 2.05) is 60.7 Å². The number of nitriles is 1. The third-order valence-corrected chi connectivity index (χ3v) is 4.87. The highest BCUT2D eigenvalue weighted by Gasteiger charge is 2.06. The molecule has 0 saturated heterocycles. The second-order valence-corrected chi connectivity index (χ2v) is 7.07. The first-order valence-electron chi connectivity index (χ1n) is 8.87. The topological polar surface area (TPSA) is 86.1 Å². The standard InChI is InChI=1S/C22H16BrN5O/c23-18-11-15(13-25-28-22-26-19-7-3-4-8-20(19)27-22)9-10-21(18)29-14-17-6-2-1-5-16(17)12-24/h1-11,13H,14H2,(H2,26,27,28)/b25-13-. The number of halogens is 1. The van der Waals surface area contributed by atoms with E-state index in [0.717, 1.165) is 26.6 Å². The minimum absolute atomic E-state index is 0.323. The van der Waals surface area contributed by atoms with Gasteiger partial charge in [-0.3, -0.25) is 0 Å². The highest BCUT2D eigenvalue weighted by molar-refractivity contribution is 9.10. The average Bonchev–Trinajstić information content (AvgIpc) is 3.16. The summed E-state index contributed by atoms with van der Waals surface area (Å²) in [6.45, 7) is 0.323. The monoisotopic (exact) mass is 445 g/mol. The Balaban J connectivity index is 1.40. The number of fused-ring (bicyclic) bond motifs is 1. The van der Waals surface area contributed by atoms with Gasteiger partial charge in [0.05, 0.1) is 33.4 Å². The number of hydrogen-bond acceptors (Lipinski definition) is 5. The summed E-state index contributed by atoms with van der Waals surface area (Å²) in [6.07, 6.45) is 1.70. The van der Waals surface area contributed by atoms with Crippen molar-refractivity contribution in [3.8, 4) is 11.8 Å². The summed E-state index contributed by atoms with van der Waals surface area (Å²) in [5.41, 5.74) is 7.09. The van der Waals surface area contributed by atoms with Crippen molar-refractivity contribution in [3.63, 3.8) is 0 Å². The van der Waals surface area contributed by atoms with Gasteiger partial charge < -0.3 is 9.72 Å². The number of nitrogens with one attached hydrogen (secondary N) is 2. The maximum Gasteiger partial charge on any atom is 0.222 e. The minimum atomic E-state index is 0.323. The molecule has 0 bridgehead atoms. The van der Waals surface area contributed by atoms with Crippen LogP contribution in [0.15, 0.2) is 76.3 Å². The predicted octanol–water partition coefficient (Wildman–Crippen LogP) is 5.22. The number of nitrogens with zero attached hydrogens (tertiary/aromatic N) is 3. The number of aromatic nitrogens is 2. The first kappa shape index (κ1) is 18.7. The van der Waals surface area contributed by atoms with E-state index in [4.69, 9.17) is 4.74 Å². The molecule has 0 aliphatic heterocycles. The van der Waals surface area contributed by atoms with Crippen molar-refractivity contribution in [2.75, 3.05) is 5.43 Å². The maximum atomic E-state index is 9.17. The fraction of sp³-hybridized carbons (Fsp3) is 0.0455. The van der Waals surface area contributed by atoms with E-state index in [-0.39, 0.29) is 0 Å². The van der Waals surface area contributed by atoms with E-state index in [1.54, 1.807) is 12.3 Å². The van der Waals surface area contributed by atoms with Gasteiger partial charge in [0.2, 0.25) is 5.95 Å². The van der Waals surface area contributed by atoms with Crippen molar-refractivity contribution in [2.45, 2.75) is 6.61 Å². The second-order valence-electron chi connectivity index (χ2n) is 6.22. The first-order valence-corrected chi connectivity index (χ1v) is 9.66. The third-order valence-electron chi connectivity index (χ3n) is 4.25. The lowest BCUT2D eigenvalue weighted by atomic mass is 10.1. The molecular formula is C22H16BrN5O. The molecule has 0 aliphatic rings. The van der Waals surface area contributed by atoms with Crippen LogP contribution in [0.4, 0.5) is 5.95 Å². The molecule has 0 saturated carbocycles. The summed E-state index contributed by atoms with van der Waals surface area (Å²) < 4.78 is 6.66. The van der Waals surface area contributed by atoms with Gasteiger partial charge in [0.15, 0.2) is 0 Å². The number of anilines is 1. The molecule has 0 spiro atoms. The van der Waals surface area contributed by atoms with Gasteiger partial charge in [0.1, 0.15) is 12.4 Å². The number of imidazole rings is 1. The number of H-pyrrole nitrogens is 1. The van der Waals surface area contributed by atoms with Crippen LogP contribution < -0.4 is 10.2 Å². The Kier molecular flexibility index (Phi) is 5.54. The van der Waals surface area contributed by atoms with Gasteiger partial charge in [0.25, 0.3) is 0 Å². The van der Waals surface area contributed by atoms with Crippen molar-refractivity contribution in [2.24, 2.45) is 5.10 Å². The number of hydrogen-bond donors (Lipinski definition) is 2. The predicted molar refractivity (Wildman–Crippen MR) is 117 cm³/mol. The van der Waals surface area contributed by atoms with E-state index in [2.05, 4.69) is 42.5 Å². The van der Waals surface area contributed by atoms with Crippen molar-refractivity contribution in [1.29, 1.82) is 5.26 Å². The summed E-state index contributed by atoms with van der Waals surface area (Å²) >= 11 is 3.53. The summed E-state index contributed by atoms with van der Waals surface area (Å²) in [6, 6.07) is 23.0. The molecule has 0 amide bonds. The maximum absolute atomic E-state index is 9.17. The molecule has 4 rings (SSSR count). The Morgan fingerprint density at radius 3 is 2.79 bits per heavy atom. The Labute approximate surface area is 176 Å². The van der Waals surface area contributed by atoms with Crippen molar-refractivity contribution < 1.29 is 4.74 Å². The molecule has 29 heavy (non-hydrogen) atoms. The smallest absolute Gasteiger partial charge is 0.222 e. The Morgan fingerprint density at radius 1 is 1.14 bits per heavy atom. The van der Waals surface area contributed by atoms with Crippen LogP contribution in [0.3, 0.4) is 0 Å². The fourth-order valence-electron chi connectivity index (χ4n) is 2.80. The van der Waals surface area contributed by atoms with E-state index >= 15 is 0 Å². The van der Waals surface area contributed by atoms with Gasteiger partial charge in [-0.25, -0.2) is 10.4 Å². The van der Waals surface area contributed by atoms with Gasteiger partial charge in [0, 0.05) is 5.56 Å². The highest BCUT2D eigenvalue weighted by atomic mass is 79.9. The molecule has 2 N–H and O–H groups in total. The normalized spacial score (nSPS) is 10.9. The number of para-hydroxylation sites is 2. The number of benzene rings is 3. The Hall–Kier alpha value is -3.63. The molecule has 0 radical (unpaired) electrons. The van der Waals surface area contributed by atoms with E-state index in [1.165, 1.54) is 0 Å². The summed E-state index contributed by atoms with van der Waals surface area (Å²) in [5.74, 6) is 1.28. The fourth-order valence-corrected chi connectivity index (χ4v) is 3.31. The lowest BCUT2D eigenvalue weighted by molar-refractivity contribution is 0.304. The van der Waals surface area contributed by atoms with Crippen LogP contribution in [-0.4, -0.2) is 16.2 Å². The zero-order valence-corrected chi connectivity index (χ0v) is 16.8. The molecular weight excluding hydrogens is 430 g/mol. The first-order chi connectivity index (χ1) is 14.2. The molecule has 6 nitrogen and oxygen atoms in total. The molecule has 1 heterocycles. The number of ether oxygens (including phenoxy) is 1. The summed E-state index contributed by atoms with van der Waals surface area (Å²) in [7, 11) is 0. The number of rotatable bonds is 6. The lowest BCUT2D eigenvalue weighted by Crippen LogP contribution is -1.99. The van der Waals surface area contributed by atoms with Crippen molar-refractivity contribution >= 4 is 39.1 Å². The molecule has 7 heteroatoms. The van der Waals surface area contributed by atoms with Crippen LogP contribution in [0.2, 0.25) is 0 Å². The van der Waals surface area contributed by atoms with Gasteiger partial charge in [-0.15, -0.1) is 0 Å². The van der Waals surface area contributed by atoms with Crippen molar-refractivity contribution in [1.82, 2.24) is 9.97 Å². The molecule has 142 valence electrons. The highest BCUT2D eigenvalue weighted by Crippen LogP contribution is 2.26. The van der Waals surface area contributed by atoms with E-state index in [9.17, 15) is 5.26 Å². The largest absolute Gasteiger partial charge is 0.488 e. The summed E-state index contributed by atoms with van der Waals surface area (Å²) in [4.78, 5) is 7.57. The molecule has 3 aromatic carbocycles. The minimum Gasteiger partial charge on any atom is -0.488 e. The van der Waals surface area contributed by atoms with Crippen LogP contribution in [-0.2, 0) is 6.61 Å². The molecule has 1 aromatic heterocycles. The lowest BCUT2D eigenvalue weighted by Gasteiger charge is -2.09. The van der Waals surface area contributed by atoms with Crippen LogP contribution in [0.5, 0.6) is 5.75 Å².